The average Bonchev–Trinajstić information content (AvgIpc) is 1.52. The van der Waals surface area contributed by atoms with E-state index in [2.05, 4.69) is 126 Å². The Morgan fingerprint density at radius 1 is 0.311 bits per heavy atom. The number of benzene rings is 12. The summed E-state index contributed by atoms with van der Waals surface area (Å²) in [5, 5.41) is 0. The molecule has 90 heavy (non-hydrogen) atoms. The molecule has 8 heteroatoms. The van der Waals surface area contributed by atoms with Gasteiger partial charge in [0, 0.05) is 47.0 Å². The number of hydrogen-bond donors (Lipinski definition) is 0. The molecule has 0 saturated carbocycles. The van der Waals surface area contributed by atoms with Gasteiger partial charge in [0.2, 0.25) is 0 Å². The molecule has 0 fully saturated rings. The molecule has 0 aliphatic heterocycles. The molecule has 0 radical (unpaired) electrons. The summed E-state index contributed by atoms with van der Waals surface area (Å²) in [6.45, 7) is 16.4. The first-order chi connectivity index (χ1) is 43.6. The van der Waals surface area contributed by atoms with Crippen LogP contribution in [0.2, 0.25) is 0 Å². The maximum absolute atomic E-state index is 16.6. The second-order valence-electron chi connectivity index (χ2n) is 23.5. The van der Waals surface area contributed by atoms with Crippen molar-refractivity contribution in [2.24, 2.45) is 0 Å². The Balaban J connectivity index is 0.897. The molecule has 14 rings (SSSR count). The van der Waals surface area contributed by atoms with E-state index in [0.717, 1.165) is 100 Å². The lowest BCUT2D eigenvalue weighted by Gasteiger charge is -2.36. The van der Waals surface area contributed by atoms with Crippen molar-refractivity contribution in [3.8, 4) is 33.4 Å². The van der Waals surface area contributed by atoms with E-state index in [0.29, 0.717) is 58.1 Å². The van der Waals surface area contributed by atoms with Gasteiger partial charge < -0.3 is 9.80 Å². The molecule has 2 unspecified atom stereocenters. The number of rotatable bonds is 13. The minimum Gasteiger partial charge on any atom is -0.305 e. The summed E-state index contributed by atoms with van der Waals surface area (Å²) in [4.78, 5) is 2.97. The minimum absolute atomic E-state index is 0.378. The predicted octanol–water partition coefficient (Wildman–Crippen LogP) is 22.4. The zero-order chi connectivity index (χ0) is 62.3. The summed E-state index contributed by atoms with van der Waals surface area (Å²) in [5.74, 6) is -6.50. The Kier molecular flexibility index (Phi) is 14.1. The molecule has 438 valence electrons. The Bertz CT molecular complexity index is 4520. The van der Waals surface area contributed by atoms with E-state index in [-0.39, 0.29) is 0 Å². The fraction of sp³-hybridized carbons (Fsp3) is 0.0732. The number of nitrogens with zero attached hydrogens (tertiary/aromatic N) is 2. The van der Waals surface area contributed by atoms with Crippen LogP contribution in [0.3, 0.4) is 0 Å². The van der Waals surface area contributed by atoms with E-state index in [4.69, 9.17) is 0 Å². The average molecular weight is 1190 g/mol. The van der Waals surface area contributed by atoms with E-state index in [1.807, 2.05) is 109 Å². The quantitative estimate of drug-likeness (QED) is 0.106. The maximum Gasteiger partial charge on any atom is 0.153 e. The Morgan fingerprint density at radius 3 is 1.00 bits per heavy atom. The normalized spacial score (nSPS) is 15.2. The Morgan fingerprint density at radius 2 is 0.644 bits per heavy atom. The highest BCUT2D eigenvalue weighted by atomic mass is 19.2. The molecule has 0 bridgehead atoms. The van der Waals surface area contributed by atoms with Crippen molar-refractivity contribution in [3.05, 3.63) is 369 Å². The minimum atomic E-state index is -1.10. The molecule has 0 aromatic heterocycles. The Labute approximate surface area is 520 Å². The van der Waals surface area contributed by atoms with Gasteiger partial charge in [-0.2, -0.15) is 0 Å². The summed E-state index contributed by atoms with van der Waals surface area (Å²) >= 11 is 0. The molecule has 0 N–H and O–H groups in total. The standard InChI is InChI=1S/C82H58F6N2/c1-7-53-21-29-57(30-22-53)81(71-41-49(3)17-19-51(71)5)69-15-11-9-13-65(69)67-39-37-63(47-73(67)81)89(79-75(85)43-59(83)44-76(79)86)61-33-25-55(26-34-61)56-27-35-62(36-28-56)90(80-77(87)45-60(84)46-78(80)88)64-38-40-68-66-14-10-12-16-70(66)82(74(68)48-64,58-31-23-54(8-2)24-32-58)72-42-50(4)18-20-52(72)6/h7-48H,1-2H2,3-6H3. The van der Waals surface area contributed by atoms with Crippen LogP contribution in [0.1, 0.15) is 77.9 Å². The first kappa shape index (κ1) is 57.1. The molecule has 2 aliphatic carbocycles. The van der Waals surface area contributed by atoms with Crippen molar-refractivity contribution in [1.82, 2.24) is 0 Å². The van der Waals surface area contributed by atoms with Gasteiger partial charge in [0.05, 0.1) is 10.8 Å². The van der Waals surface area contributed by atoms with E-state index in [9.17, 15) is 8.78 Å². The molecular formula is C82H58F6N2. The van der Waals surface area contributed by atoms with Crippen LogP contribution in [0.5, 0.6) is 0 Å². The molecular weight excluding hydrogens is 1130 g/mol. The largest absolute Gasteiger partial charge is 0.305 e. The highest BCUT2D eigenvalue weighted by Gasteiger charge is 2.49. The van der Waals surface area contributed by atoms with Crippen molar-refractivity contribution >= 4 is 46.3 Å². The maximum atomic E-state index is 16.6. The topological polar surface area (TPSA) is 6.48 Å². The third kappa shape index (κ3) is 9.03. The van der Waals surface area contributed by atoms with Crippen molar-refractivity contribution < 1.29 is 26.3 Å². The van der Waals surface area contributed by atoms with Crippen molar-refractivity contribution in [2.75, 3.05) is 9.80 Å². The van der Waals surface area contributed by atoms with E-state index in [1.165, 1.54) is 9.80 Å². The van der Waals surface area contributed by atoms with Gasteiger partial charge in [0.15, 0.2) is 23.3 Å². The third-order valence-corrected chi connectivity index (χ3v) is 18.3. The summed E-state index contributed by atoms with van der Waals surface area (Å²) < 4.78 is 96.3. The number of anilines is 6. The van der Waals surface area contributed by atoms with Gasteiger partial charge in [-0.05, 0) is 176 Å². The lowest BCUT2D eigenvalue weighted by molar-refractivity contribution is 0.544. The third-order valence-electron chi connectivity index (χ3n) is 18.3. The van der Waals surface area contributed by atoms with Gasteiger partial charge in [-0.15, -0.1) is 0 Å². The number of hydrogen-bond acceptors (Lipinski definition) is 2. The summed E-state index contributed by atoms with van der Waals surface area (Å²) in [5.41, 5.74) is 18.3. The highest BCUT2D eigenvalue weighted by molar-refractivity contribution is 5.92. The van der Waals surface area contributed by atoms with Gasteiger partial charge in [-0.25, -0.2) is 26.3 Å². The smallest absolute Gasteiger partial charge is 0.153 e. The van der Waals surface area contributed by atoms with E-state index in [1.54, 1.807) is 36.4 Å². The molecule has 0 saturated heterocycles. The monoisotopic (exact) mass is 1180 g/mol. The van der Waals surface area contributed by atoms with Gasteiger partial charge in [0.1, 0.15) is 23.0 Å². The lowest BCUT2D eigenvalue weighted by atomic mass is 9.66. The van der Waals surface area contributed by atoms with Gasteiger partial charge >= 0.3 is 0 Å². The molecule has 2 aliphatic rings. The van der Waals surface area contributed by atoms with Crippen LogP contribution in [0.15, 0.2) is 256 Å². The van der Waals surface area contributed by atoms with Crippen molar-refractivity contribution in [2.45, 2.75) is 38.5 Å². The van der Waals surface area contributed by atoms with Crippen LogP contribution in [0, 0.1) is 62.6 Å². The molecule has 2 nitrogen and oxygen atoms in total. The van der Waals surface area contributed by atoms with Gasteiger partial charge in [-0.3, -0.25) is 0 Å². The molecule has 12 aromatic carbocycles. The predicted molar refractivity (Wildman–Crippen MR) is 355 cm³/mol. The van der Waals surface area contributed by atoms with Crippen LogP contribution in [0.25, 0.3) is 45.5 Å². The van der Waals surface area contributed by atoms with Crippen LogP contribution >= 0.6 is 0 Å². The number of aryl methyl sites for hydroxylation is 4. The van der Waals surface area contributed by atoms with Gasteiger partial charge in [0.25, 0.3) is 0 Å². The molecule has 2 atom stereocenters. The SMILES string of the molecule is C=Cc1ccc(C2(c3cc(C)ccc3C)c3ccccc3-c3ccc(N(c4ccc(-c5ccc(N(c6ccc7c(c6)C(c6ccc(C=C)cc6)(c6cc(C)ccc6C)c6ccccc6-7)c6c(F)cc(F)cc6F)cc5)cc4)c4c(F)cc(F)cc4F)cc32)cc1. The summed E-state index contributed by atoms with van der Waals surface area (Å²) in [6, 6.07) is 74.8. The van der Waals surface area contributed by atoms with Crippen molar-refractivity contribution in [3.63, 3.8) is 0 Å². The number of halogens is 6. The summed E-state index contributed by atoms with van der Waals surface area (Å²) in [7, 11) is 0. The van der Waals surface area contributed by atoms with Gasteiger partial charge in [-0.1, -0.05) is 206 Å². The zero-order valence-corrected chi connectivity index (χ0v) is 49.8. The fourth-order valence-electron chi connectivity index (χ4n) is 14.3. The molecule has 0 heterocycles. The number of fused-ring (bicyclic) bond motifs is 6. The van der Waals surface area contributed by atoms with Crippen LogP contribution in [0.4, 0.5) is 60.5 Å². The first-order valence-electron chi connectivity index (χ1n) is 29.8. The second kappa shape index (κ2) is 22.2. The lowest BCUT2D eigenvalue weighted by Crippen LogP contribution is -2.30. The molecule has 12 aromatic rings. The Hall–Kier alpha value is -10.7. The van der Waals surface area contributed by atoms with Crippen molar-refractivity contribution in [1.29, 1.82) is 0 Å². The van der Waals surface area contributed by atoms with E-state index >= 15 is 17.6 Å². The highest BCUT2D eigenvalue weighted by Crippen LogP contribution is 2.60. The second-order valence-corrected chi connectivity index (χ2v) is 23.5. The zero-order valence-electron chi connectivity index (χ0n) is 49.8. The molecule has 0 amide bonds. The summed E-state index contributed by atoms with van der Waals surface area (Å²) in [6.07, 6.45) is 3.61. The van der Waals surface area contributed by atoms with Crippen LogP contribution in [-0.2, 0) is 10.8 Å². The first-order valence-corrected chi connectivity index (χ1v) is 29.8. The van der Waals surface area contributed by atoms with Crippen LogP contribution < -0.4 is 9.80 Å². The molecule has 0 spiro atoms. The fourth-order valence-corrected chi connectivity index (χ4v) is 14.3. The van der Waals surface area contributed by atoms with Crippen LogP contribution in [-0.4, -0.2) is 0 Å². The van der Waals surface area contributed by atoms with E-state index < -0.39 is 57.1 Å².